The first kappa shape index (κ1) is 15.7. The molecule has 0 saturated heterocycles. The van der Waals surface area contributed by atoms with Crippen LogP contribution in [0.3, 0.4) is 0 Å². The summed E-state index contributed by atoms with van der Waals surface area (Å²) >= 11 is 0. The van der Waals surface area contributed by atoms with Crippen molar-refractivity contribution < 1.29 is 9.21 Å². The number of aryl methyl sites for hydroxylation is 1. The average molecular weight is 346 g/mol. The maximum atomic E-state index is 12.1. The summed E-state index contributed by atoms with van der Waals surface area (Å²) < 4.78 is 5.78. The Labute approximate surface area is 148 Å². The quantitative estimate of drug-likeness (QED) is 0.587. The van der Waals surface area contributed by atoms with Crippen LogP contribution in [0.2, 0.25) is 0 Å². The number of nitrogens with zero attached hydrogens (tertiary/aromatic N) is 4. The highest BCUT2D eigenvalue weighted by molar-refractivity contribution is 6.03. The SMILES string of the molecule is Cc1ccccc1-c1nnc(-c2ccc(C(=O)Nc3ncn[nH]3)cc2)o1. The molecule has 0 atom stereocenters. The van der Waals surface area contributed by atoms with Crippen LogP contribution in [-0.2, 0) is 0 Å². The zero-order valence-corrected chi connectivity index (χ0v) is 13.8. The van der Waals surface area contributed by atoms with Gasteiger partial charge in [-0.1, -0.05) is 18.2 Å². The highest BCUT2D eigenvalue weighted by Crippen LogP contribution is 2.26. The van der Waals surface area contributed by atoms with E-state index in [-0.39, 0.29) is 5.91 Å². The molecule has 2 heterocycles. The lowest BCUT2D eigenvalue weighted by atomic mass is 10.1. The van der Waals surface area contributed by atoms with Gasteiger partial charge in [-0.05, 0) is 42.8 Å². The fourth-order valence-corrected chi connectivity index (χ4v) is 2.47. The van der Waals surface area contributed by atoms with Crippen LogP contribution < -0.4 is 5.32 Å². The van der Waals surface area contributed by atoms with Crippen molar-refractivity contribution in [3.05, 3.63) is 66.0 Å². The fraction of sp³-hybridized carbons (Fsp3) is 0.0556. The number of aromatic amines is 1. The van der Waals surface area contributed by atoms with E-state index in [4.69, 9.17) is 4.42 Å². The molecule has 26 heavy (non-hydrogen) atoms. The maximum Gasteiger partial charge on any atom is 0.258 e. The van der Waals surface area contributed by atoms with E-state index in [0.717, 1.165) is 16.7 Å². The summed E-state index contributed by atoms with van der Waals surface area (Å²) in [5, 5.41) is 17.1. The van der Waals surface area contributed by atoms with Gasteiger partial charge in [-0.25, -0.2) is 5.10 Å². The van der Waals surface area contributed by atoms with Gasteiger partial charge in [0, 0.05) is 16.7 Å². The van der Waals surface area contributed by atoms with Gasteiger partial charge in [-0.3, -0.25) is 10.1 Å². The molecule has 0 bridgehead atoms. The van der Waals surface area contributed by atoms with Gasteiger partial charge >= 0.3 is 0 Å². The number of hydrogen-bond acceptors (Lipinski definition) is 6. The van der Waals surface area contributed by atoms with Crippen molar-refractivity contribution in [2.75, 3.05) is 5.32 Å². The lowest BCUT2D eigenvalue weighted by Crippen LogP contribution is -2.12. The van der Waals surface area contributed by atoms with Crippen molar-refractivity contribution in [1.82, 2.24) is 25.4 Å². The van der Waals surface area contributed by atoms with E-state index in [9.17, 15) is 4.79 Å². The molecular weight excluding hydrogens is 332 g/mol. The van der Waals surface area contributed by atoms with Crippen molar-refractivity contribution in [3.8, 4) is 22.9 Å². The number of benzene rings is 2. The number of anilines is 1. The summed E-state index contributed by atoms with van der Waals surface area (Å²) in [6.45, 7) is 1.99. The monoisotopic (exact) mass is 346 g/mol. The predicted molar refractivity (Wildman–Crippen MR) is 94.2 cm³/mol. The van der Waals surface area contributed by atoms with Gasteiger partial charge < -0.3 is 4.42 Å². The van der Waals surface area contributed by atoms with Gasteiger partial charge in [0.1, 0.15) is 6.33 Å². The molecule has 0 radical (unpaired) electrons. The molecule has 0 spiro atoms. The Hall–Kier alpha value is -3.81. The highest BCUT2D eigenvalue weighted by atomic mass is 16.4. The minimum atomic E-state index is -0.292. The normalized spacial score (nSPS) is 10.7. The molecule has 0 unspecified atom stereocenters. The van der Waals surface area contributed by atoms with E-state index < -0.39 is 0 Å². The van der Waals surface area contributed by atoms with E-state index in [1.165, 1.54) is 6.33 Å². The zero-order valence-electron chi connectivity index (χ0n) is 13.8. The second kappa shape index (κ2) is 6.60. The minimum Gasteiger partial charge on any atom is -0.416 e. The summed E-state index contributed by atoms with van der Waals surface area (Å²) in [6, 6.07) is 14.7. The van der Waals surface area contributed by atoms with Crippen LogP contribution in [0.15, 0.2) is 59.3 Å². The highest BCUT2D eigenvalue weighted by Gasteiger charge is 2.13. The third-order valence-corrected chi connectivity index (χ3v) is 3.84. The molecule has 4 aromatic rings. The number of carbonyl (C=O) groups excluding carboxylic acids is 1. The van der Waals surface area contributed by atoms with Gasteiger partial charge in [0.2, 0.25) is 17.7 Å². The van der Waals surface area contributed by atoms with E-state index in [1.807, 2.05) is 31.2 Å². The van der Waals surface area contributed by atoms with Gasteiger partial charge in [0.25, 0.3) is 5.91 Å². The average Bonchev–Trinajstić information content (AvgIpc) is 3.34. The number of hydrogen-bond donors (Lipinski definition) is 2. The molecule has 0 aliphatic carbocycles. The molecule has 2 N–H and O–H groups in total. The lowest BCUT2D eigenvalue weighted by molar-refractivity contribution is 0.102. The second-order valence-electron chi connectivity index (χ2n) is 5.59. The molecule has 2 aromatic heterocycles. The second-order valence-corrected chi connectivity index (χ2v) is 5.59. The number of nitrogens with one attached hydrogen (secondary N) is 2. The van der Waals surface area contributed by atoms with E-state index in [1.54, 1.807) is 24.3 Å². The lowest BCUT2D eigenvalue weighted by Gasteiger charge is -2.02. The largest absolute Gasteiger partial charge is 0.416 e. The zero-order chi connectivity index (χ0) is 17.9. The van der Waals surface area contributed by atoms with Crippen molar-refractivity contribution in [2.24, 2.45) is 0 Å². The number of rotatable bonds is 4. The van der Waals surface area contributed by atoms with Crippen LogP contribution in [0.25, 0.3) is 22.9 Å². The Balaban J connectivity index is 1.54. The van der Waals surface area contributed by atoms with Crippen LogP contribution >= 0.6 is 0 Å². The fourth-order valence-electron chi connectivity index (χ4n) is 2.47. The molecule has 0 fully saturated rings. The molecule has 2 aromatic carbocycles. The third kappa shape index (κ3) is 3.07. The minimum absolute atomic E-state index is 0.291. The standard InChI is InChI=1S/C18H14N6O2/c1-11-4-2-3-5-14(11)17-23-22-16(26-17)13-8-6-12(7-9-13)15(25)21-18-19-10-20-24-18/h2-10H,1H3,(H2,19,20,21,24,25). The molecule has 0 aliphatic heterocycles. The Kier molecular flexibility index (Phi) is 3.98. The predicted octanol–water partition coefficient (Wildman–Crippen LogP) is 3.08. The van der Waals surface area contributed by atoms with Crippen molar-refractivity contribution in [2.45, 2.75) is 6.92 Å². The maximum absolute atomic E-state index is 12.1. The Morgan fingerprint density at radius 1 is 1.04 bits per heavy atom. The molecule has 4 rings (SSSR count). The molecular formula is C18H14N6O2. The van der Waals surface area contributed by atoms with Crippen molar-refractivity contribution in [3.63, 3.8) is 0 Å². The summed E-state index contributed by atoms with van der Waals surface area (Å²) in [7, 11) is 0. The number of H-pyrrole nitrogens is 1. The van der Waals surface area contributed by atoms with Crippen LogP contribution in [0.4, 0.5) is 5.95 Å². The summed E-state index contributed by atoms with van der Waals surface area (Å²) in [4.78, 5) is 16.0. The van der Waals surface area contributed by atoms with Gasteiger partial charge in [-0.15, -0.1) is 10.2 Å². The van der Waals surface area contributed by atoms with Crippen molar-refractivity contribution >= 4 is 11.9 Å². The topological polar surface area (TPSA) is 110 Å². The summed E-state index contributed by atoms with van der Waals surface area (Å²) in [5.74, 6) is 0.856. The summed E-state index contributed by atoms with van der Waals surface area (Å²) in [5.41, 5.74) is 3.16. The third-order valence-electron chi connectivity index (χ3n) is 3.84. The van der Waals surface area contributed by atoms with Crippen LogP contribution in [-0.4, -0.2) is 31.3 Å². The Morgan fingerprint density at radius 2 is 1.81 bits per heavy atom. The van der Waals surface area contributed by atoms with E-state index >= 15 is 0 Å². The van der Waals surface area contributed by atoms with Gasteiger partial charge in [0.15, 0.2) is 0 Å². The van der Waals surface area contributed by atoms with Gasteiger partial charge in [0.05, 0.1) is 0 Å². The molecule has 0 saturated carbocycles. The van der Waals surface area contributed by atoms with Crippen LogP contribution in [0, 0.1) is 6.92 Å². The smallest absolute Gasteiger partial charge is 0.258 e. The molecule has 0 aliphatic rings. The van der Waals surface area contributed by atoms with Crippen molar-refractivity contribution in [1.29, 1.82) is 0 Å². The van der Waals surface area contributed by atoms with Crippen LogP contribution in [0.1, 0.15) is 15.9 Å². The molecule has 128 valence electrons. The van der Waals surface area contributed by atoms with E-state index in [2.05, 4.69) is 30.7 Å². The number of amides is 1. The molecule has 1 amide bonds. The van der Waals surface area contributed by atoms with Crippen LogP contribution in [0.5, 0.6) is 0 Å². The first-order valence-corrected chi connectivity index (χ1v) is 7.87. The Bertz CT molecular complexity index is 1040. The Morgan fingerprint density at radius 3 is 2.54 bits per heavy atom. The first-order chi connectivity index (χ1) is 12.7. The number of aromatic nitrogens is 5. The molecule has 8 nitrogen and oxygen atoms in total. The molecule has 8 heteroatoms. The first-order valence-electron chi connectivity index (χ1n) is 7.87. The van der Waals surface area contributed by atoms with E-state index in [0.29, 0.717) is 23.3 Å². The summed E-state index contributed by atoms with van der Waals surface area (Å²) in [6.07, 6.45) is 1.32. The number of carbonyl (C=O) groups is 1. The van der Waals surface area contributed by atoms with Gasteiger partial charge in [-0.2, -0.15) is 10.1 Å².